The van der Waals surface area contributed by atoms with Crippen molar-refractivity contribution in [3.63, 3.8) is 0 Å². The standard InChI is InChI=1S/C22H28N2O3/c1-14-11-12-17(13-15(14)2)21(26)24(22(4,5)6)23-20(25)18-9-8-10-19(27-7)16(18)3/h8-13H,1-7H3,(H,23,25). The van der Waals surface area contributed by atoms with Crippen LogP contribution < -0.4 is 10.2 Å². The summed E-state index contributed by atoms with van der Waals surface area (Å²) in [7, 11) is 1.56. The molecule has 1 N–H and O–H groups in total. The third kappa shape index (κ3) is 4.48. The Balaban J connectivity index is 2.36. The Labute approximate surface area is 161 Å². The monoisotopic (exact) mass is 368 g/mol. The quantitative estimate of drug-likeness (QED) is 0.826. The fourth-order valence-corrected chi connectivity index (χ4v) is 2.77. The van der Waals surface area contributed by atoms with E-state index in [0.29, 0.717) is 16.9 Å². The molecule has 2 aromatic rings. The number of hydrogen-bond donors (Lipinski definition) is 1. The highest BCUT2D eigenvalue weighted by Crippen LogP contribution is 2.22. The van der Waals surface area contributed by atoms with E-state index in [-0.39, 0.29) is 11.8 Å². The van der Waals surface area contributed by atoms with Gasteiger partial charge in [-0.25, -0.2) is 5.01 Å². The van der Waals surface area contributed by atoms with Gasteiger partial charge in [-0.2, -0.15) is 0 Å². The van der Waals surface area contributed by atoms with E-state index in [1.807, 2.05) is 53.7 Å². The third-order valence-electron chi connectivity index (χ3n) is 4.59. The molecule has 0 aliphatic heterocycles. The first-order chi connectivity index (χ1) is 12.6. The van der Waals surface area contributed by atoms with Crippen LogP contribution >= 0.6 is 0 Å². The van der Waals surface area contributed by atoms with Gasteiger partial charge in [-0.3, -0.25) is 15.0 Å². The van der Waals surface area contributed by atoms with Gasteiger partial charge in [0.2, 0.25) is 0 Å². The minimum atomic E-state index is -0.599. The molecule has 0 aromatic heterocycles. The maximum Gasteiger partial charge on any atom is 0.272 e. The van der Waals surface area contributed by atoms with E-state index in [2.05, 4.69) is 5.43 Å². The number of aryl methyl sites for hydroxylation is 2. The molecule has 27 heavy (non-hydrogen) atoms. The summed E-state index contributed by atoms with van der Waals surface area (Å²) in [4.78, 5) is 26.0. The number of carbonyl (C=O) groups excluding carboxylic acids is 2. The molecule has 0 fully saturated rings. The molecule has 5 nitrogen and oxygen atoms in total. The topological polar surface area (TPSA) is 58.6 Å². The zero-order valence-electron chi connectivity index (χ0n) is 17.1. The van der Waals surface area contributed by atoms with E-state index < -0.39 is 5.54 Å². The first-order valence-corrected chi connectivity index (χ1v) is 8.92. The molecule has 0 aliphatic carbocycles. The lowest BCUT2D eigenvalue weighted by Crippen LogP contribution is -2.56. The molecule has 0 heterocycles. The third-order valence-corrected chi connectivity index (χ3v) is 4.59. The lowest BCUT2D eigenvalue weighted by molar-refractivity contribution is 0.0358. The normalized spacial score (nSPS) is 11.1. The van der Waals surface area contributed by atoms with E-state index in [4.69, 9.17) is 4.74 Å². The molecule has 2 rings (SSSR count). The van der Waals surface area contributed by atoms with Gasteiger partial charge in [0.1, 0.15) is 5.75 Å². The second-order valence-corrected chi connectivity index (χ2v) is 7.68. The van der Waals surface area contributed by atoms with Crippen molar-refractivity contribution in [2.75, 3.05) is 7.11 Å². The number of nitrogens with one attached hydrogen (secondary N) is 1. The largest absolute Gasteiger partial charge is 0.496 e. The molecule has 0 unspecified atom stereocenters. The Morgan fingerprint density at radius 2 is 1.67 bits per heavy atom. The number of methoxy groups -OCH3 is 1. The first kappa shape index (κ1) is 20.5. The summed E-state index contributed by atoms with van der Waals surface area (Å²) in [6, 6.07) is 10.8. The van der Waals surface area contributed by atoms with Crippen molar-refractivity contribution in [2.45, 2.75) is 47.1 Å². The second kappa shape index (κ2) is 7.82. The Hall–Kier alpha value is -2.82. The lowest BCUT2D eigenvalue weighted by atomic mass is 10.0. The highest BCUT2D eigenvalue weighted by Gasteiger charge is 2.30. The van der Waals surface area contributed by atoms with Gasteiger partial charge >= 0.3 is 0 Å². The van der Waals surface area contributed by atoms with Gasteiger partial charge in [-0.15, -0.1) is 0 Å². The van der Waals surface area contributed by atoms with E-state index in [0.717, 1.165) is 16.7 Å². The predicted octanol–water partition coefficient (Wildman–Crippen LogP) is 4.21. The van der Waals surface area contributed by atoms with Gasteiger partial charge in [0.25, 0.3) is 11.8 Å². The molecule has 0 radical (unpaired) electrons. The molecule has 144 valence electrons. The van der Waals surface area contributed by atoms with Gasteiger partial charge in [0.05, 0.1) is 12.6 Å². The van der Waals surface area contributed by atoms with Crippen LogP contribution in [0.3, 0.4) is 0 Å². The molecule has 5 heteroatoms. The van der Waals surface area contributed by atoms with Crippen LogP contribution in [0.25, 0.3) is 0 Å². The summed E-state index contributed by atoms with van der Waals surface area (Å²) in [5.74, 6) is 0.0310. The fourth-order valence-electron chi connectivity index (χ4n) is 2.77. The minimum Gasteiger partial charge on any atom is -0.496 e. The molecule has 0 atom stereocenters. The van der Waals surface area contributed by atoms with Gasteiger partial charge in [-0.05, 0) is 76.9 Å². The number of carbonyl (C=O) groups is 2. The average Bonchev–Trinajstić information content (AvgIpc) is 2.60. The number of benzene rings is 2. The highest BCUT2D eigenvalue weighted by atomic mass is 16.5. The Bertz CT molecular complexity index is 866. The van der Waals surface area contributed by atoms with Crippen LogP contribution in [0.15, 0.2) is 36.4 Å². The van der Waals surface area contributed by atoms with Gasteiger partial charge < -0.3 is 4.74 Å². The molecule has 0 aliphatic rings. The minimum absolute atomic E-state index is 0.250. The van der Waals surface area contributed by atoms with E-state index in [1.165, 1.54) is 5.01 Å². The highest BCUT2D eigenvalue weighted by molar-refractivity contribution is 6.00. The molecule has 0 bridgehead atoms. The maximum atomic E-state index is 13.1. The smallest absolute Gasteiger partial charge is 0.272 e. The van der Waals surface area contributed by atoms with E-state index >= 15 is 0 Å². The SMILES string of the molecule is COc1cccc(C(=O)NN(C(=O)c2ccc(C)c(C)c2)C(C)(C)C)c1C. The van der Waals surface area contributed by atoms with Crippen molar-refractivity contribution in [2.24, 2.45) is 0 Å². The zero-order chi connectivity index (χ0) is 20.4. The van der Waals surface area contributed by atoms with Crippen LogP contribution in [0.4, 0.5) is 0 Å². The van der Waals surface area contributed by atoms with Crippen molar-refractivity contribution in [3.8, 4) is 5.75 Å². The Morgan fingerprint density at radius 3 is 2.22 bits per heavy atom. The number of ether oxygens (including phenoxy) is 1. The molecule has 2 amide bonds. The van der Waals surface area contributed by atoms with Crippen LogP contribution in [0, 0.1) is 20.8 Å². The summed E-state index contributed by atoms with van der Waals surface area (Å²) in [5, 5.41) is 1.39. The maximum absolute atomic E-state index is 13.1. The molecule has 0 spiro atoms. The zero-order valence-corrected chi connectivity index (χ0v) is 17.1. The van der Waals surface area contributed by atoms with Crippen molar-refractivity contribution < 1.29 is 14.3 Å². The molecular formula is C22H28N2O3. The number of hydrazine groups is 1. The van der Waals surface area contributed by atoms with Crippen LogP contribution in [-0.4, -0.2) is 29.5 Å². The van der Waals surface area contributed by atoms with Crippen LogP contribution in [0.1, 0.15) is 58.2 Å². The number of nitrogens with zero attached hydrogens (tertiary/aromatic N) is 1. The molecule has 2 aromatic carbocycles. The average molecular weight is 368 g/mol. The van der Waals surface area contributed by atoms with Gasteiger partial charge in [0, 0.05) is 16.7 Å². The second-order valence-electron chi connectivity index (χ2n) is 7.68. The van der Waals surface area contributed by atoms with Crippen molar-refractivity contribution in [1.82, 2.24) is 10.4 Å². The van der Waals surface area contributed by atoms with Crippen LogP contribution in [0.5, 0.6) is 5.75 Å². The van der Waals surface area contributed by atoms with Crippen molar-refractivity contribution in [1.29, 1.82) is 0 Å². The van der Waals surface area contributed by atoms with E-state index in [9.17, 15) is 9.59 Å². The van der Waals surface area contributed by atoms with Crippen molar-refractivity contribution in [3.05, 3.63) is 64.2 Å². The van der Waals surface area contributed by atoms with Crippen LogP contribution in [-0.2, 0) is 0 Å². The van der Waals surface area contributed by atoms with E-state index in [1.54, 1.807) is 31.4 Å². The summed E-state index contributed by atoms with van der Waals surface area (Å²) in [5.41, 5.74) is 6.07. The first-order valence-electron chi connectivity index (χ1n) is 8.92. The predicted molar refractivity (Wildman–Crippen MR) is 107 cm³/mol. The van der Waals surface area contributed by atoms with Gasteiger partial charge in [-0.1, -0.05) is 12.1 Å². The fraction of sp³-hybridized carbons (Fsp3) is 0.364. The Kier molecular flexibility index (Phi) is 5.94. The number of hydrogen-bond acceptors (Lipinski definition) is 3. The van der Waals surface area contributed by atoms with Crippen LogP contribution in [0.2, 0.25) is 0 Å². The molecule has 0 saturated heterocycles. The number of amides is 2. The number of rotatable bonds is 3. The molecule has 0 saturated carbocycles. The van der Waals surface area contributed by atoms with Crippen molar-refractivity contribution >= 4 is 11.8 Å². The summed E-state index contributed by atoms with van der Waals surface area (Å²) in [6.45, 7) is 11.4. The summed E-state index contributed by atoms with van der Waals surface area (Å²) in [6.07, 6.45) is 0. The lowest BCUT2D eigenvalue weighted by Gasteiger charge is -2.35. The molecular weight excluding hydrogens is 340 g/mol. The summed E-state index contributed by atoms with van der Waals surface area (Å²) >= 11 is 0. The van der Waals surface area contributed by atoms with Gasteiger partial charge in [0.15, 0.2) is 0 Å². The summed E-state index contributed by atoms with van der Waals surface area (Å²) < 4.78 is 5.29. The Morgan fingerprint density at radius 1 is 1.00 bits per heavy atom.